The molecular weight excluding hydrogens is 220 g/mol. The maximum absolute atomic E-state index is 11.0. The van der Waals surface area contributed by atoms with Crippen LogP contribution >= 0.6 is 0 Å². The summed E-state index contributed by atoms with van der Waals surface area (Å²) in [6.07, 6.45) is 0. The quantitative estimate of drug-likeness (QED) is 0.455. The van der Waals surface area contributed by atoms with E-state index in [0.29, 0.717) is 13.2 Å². The van der Waals surface area contributed by atoms with Crippen LogP contribution in [-0.4, -0.2) is 33.9 Å². The zero-order chi connectivity index (χ0) is 12.8. The summed E-state index contributed by atoms with van der Waals surface area (Å²) >= 11 is 0. The topological polar surface area (TPSA) is 42.7 Å². The number of hydrogen-bond donors (Lipinski definition) is 1. The first-order valence-corrected chi connectivity index (χ1v) is 8.35. The molecule has 0 aliphatic rings. The van der Waals surface area contributed by atoms with Gasteiger partial charge in [-0.3, -0.25) is 4.79 Å². The van der Waals surface area contributed by atoms with Crippen LogP contribution in [0, 0.1) is 6.57 Å². The van der Waals surface area contributed by atoms with Crippen LogP contribution in [0.15, 0.2) is 0 Å². The summed E-state index contributed by atoms with van der Waals surface area (Å²) in [4.78, 5) is 14.0. The maximum atomic E-state index is 11.0. The fourth-order valence-electron chi connectivity index (χ4n) is 0.841. The van der Waals surface area contributed by atoms with E-state index in [9.17, 15) is 4.79 Å². The van der Waals surface area contributed by atoms with E-state index in [4.69, 9.17) is 11.0 Å². The molecule has 0 bridgehead atoms. The Bertz CT molecular complexity index is 277. The van der Waals surface area contributed by atoms with Crippen molar-refractivity contribution in [3.8, 4) is 0 Å². The summed E-state index contributed by atoms with van der Waals surface area (Å²) in [6, 6.07) is 0. The average molecular weight is 242 g/mol. The Hall–Kier alpha value is -0.863. The molecular formula is C11H22N2O2Si. The predicted molar refractivity (Wildman–Crippen MR) is 67.6 cm³/mol. The highest BCUT2D eigenvalue weighted by Crippen LogP contribution is 2.36. The Morgan fingerprint density at radius 2 is 2.00 bits per heavy atom. The van der Waals surface area contributed by atoms with Crippen LogP contribution in [0.5, 0.6) is 0 Å². The van der Waals surface area contributed by atoms with Gasteiger partial charge >= 0.3 is 0 Å². The van der Waals surface area contributed by atoms with Gasteiger partial charge in [0.2, 0.25) is 0 Å². The summed E-state index contributed by atoms with van der Waals surface area (Å²) in [7, 11) is -1.71. The van der Waals surface area contributed by atoms with Crippen molar-refractivity contribution in [1.29, 1.82) is 0 Å². The predicted octanol–water partition coefficient (Wildman–Crippen LogP) is 2.04. The minimum Gasteiger partial charge on any atom is -0.415 e. The third kappa shape index (κ3) is 5.28. The lowest BCUT2D eigenvalue weighted by Gasteiger charge is -2.36. The second-order valence-electron chi connectivity index (χ2n) is 5.27. The van der Waals surface area contributed by atoms with Gasteiger partial charge in [0.1, 0.15) is 0 Å². The van der Waals surface area contributed by atoms with E-state index in [1.54, 1.807) is 0 Å². The minimum absolute atomic E-state index is 0.0971. The summed E-state index contributed by atoms with van der Waals surface area (Å²) in [6.45, 7) is 18.3. The summed E-state index contributed by atoms with van der Waals surface area (Å²) in [5, 5.41) is 2.84. The Kier molecular flexibility index (Phi) is 5.69. The largest absolute Gasteiger partial charge is 0.415 e. The molecule has 0 aliphatic heterocycles. The van der Waals surface area contributed by atoms with Crippen LogP contribution in [-0.2, 0) is 9.22 Å². The molecule has 0 saturated carbocycles. The fraction of sp³-hybridized carbons (Fsp3) is 0.818. The molecule has 0 aromatic heterocycles. The second-order valence-corrected chi connectivity index (χ2v) is 10.1. The summed E-state index contributed by atoms with van der Waals surface area (Å²) < 4.78 is 5.87. The molecule has 0 unspecified atom stereocenters. The van der Waals surface area contributed by atoms with Gasteiger partial charge < -0.3 is 14.6 Å². The Morgan fingerprint density at radius 1 is 1.44 bits per heavy atom. The third-order valence-electron chi connectivity index (χ3n) is 2.92. The number of amides is 1. The zero-order valence-corrected chi connectivity index (χ0v) is 11.9. The average Bonchev–Trinajstić information content (AvgIpc) is 2.11. The maximum Gasteiger partial charge on any atom is 0.300 e. The van der Waals surface area contributed by atoms with E-state index in [1.807, 2.05) is 0 Å². The fourth-order valence-corrected chi connectivity index (χ4v) is 1.89. The molecule has 1 N–H and O–H groups in total. The van der Waals surface area contributed by atoms with Crippen molar-refractivity contribution in [3.63, 3.8) is 0 Å². The smallest absolute Gasteiger partial charge is 0.300 e. The molecule has 0 aromatic carbocycles. The molecule has 0 atom stereocenters. The summed E-state index contributed by atoms with van der Waals surface area (Å²) in [5.74, 6) is -0.228. The van der Waals surface area contributed by atoms with Crippen molar-refractivity contribution in [2.45, 2.75) is 38.9 Å². The molecule has 0 rings (SSSR count). The molecule has 5 heteroatoms. The van der Waals surface area contributed by atoms with Gasteiger partial charge in [-0.25, -0.2) is 6.57 Å². The van der Waals surface area contributed by atoms with Gasteiger partial charge in [0, 0.05) is 6.54 Å². The SMILES string of the molecule is [C-]#[N+]CC(=O)NCCO[Si](C)(C)C(C)(C)C. The van der Waals surface area contributed by atoms with Crippen LogP contribution in [0.3, 0.4) is 0 Å². The Balaban J connectivity index is 3.84. The molecule has 0 radical (unpaired) electrons. The molecule has 0 saturated heterocycles. The first kappa shape index (κ1) is 15.1. The lowest BCUT2D eigenvalue weighted by molar-refractivity contribution is -0.119. The van der Waals surface area contributed by atoms with E-state index in [0.717, 1.165) is 0 Å². The van der Waals surface area contributed by atoms with Crippen molar-refractivity contribution >= 4 is 14.2 Å². The lowest BCUT2D eigenvalue weighted by Crippen LogP contribution is -2.42. The number of nitrogens with zero attached hydrogens (tertiary/aromatic N) is 1. The van der Waals surface area contributed by atoms with E-state index < -0.39 is 8.32 Å². The zero-order valence-electron chi connectivity index (χ0n) is 10.9. The molecule has 0 aromatic rings. The normalized spacial score (nSPS) is 12.0. The molecule has 4 nitrogen and oxygen atoms in total. The molecule has 0 fully saturated rings. The van der Waals surface area contributed by atoms with E-state index >= 15 is 0 Å². The van der Waals surface area contributed by atoms with E-state index in [1.165, 1.54) is 0 Å². The first-order valence-electron chi connectivity index (χ1n) is 5.44. The van der Waals surface area contributed by atoms with Gasteiger partial charge in [0.15, 0.2) is 8.32 Å². The van der Waals surface area contributed by atoms with Crippen LogP contribution < -0.4 is 5.32 Å². The number of nitrogens with one attached hydrogen (secondary N) is 1. The molecule has 0 aliphatic carbocycles. The summed E-state index contributed by atoms with van der Waals surface area (Å²) in [5.41, 5.74) is 0. The Labute approximate surface area is 99.3 Å². The molecule has 92 valence electrons. The molecule has 0 heterocycles. The van der Waals surface area contributed by atoms with Crippen LogP contribution in [0.4, 0.5) is 0 Å². The van der Waals surface area contributed by atoms with Crippen molar-refractivity contribution in [3.05, 3.63) is 11.4 Å². The molecule has 1 amide bonds. The van der Waals surface area contributed by atoms with Crippen LogP contribution in [0.2, 0.25) is 18.1 Å². The highest BCUT2D eigenvalue weighted by atomic mass is 28.4. The van der Waals surface area contributed by atoms with Gasteiger partial charge in [-0.05, 0) is 18.1 Å². The van der Waals surface area contributed by atoms with Crippen molar-refractivity contribution in [1.82, 2.24) is 5.32 Å². The molecule has 16 heavy (non-hydrogen) atoms. The minimum atomic E-state index is -1.71. The first-order chi connectivity index (χ1) is 7.20. The number of carbonyl (C=O) groups excluding carboxylic acids is 1. The van der Waals surface area contributed by atoms with E-state index in [-0.39, 0.29) is 17.5 Å². The second kappa shape index (κ2) is 6.02. The van der Waals surface area contributed by atoms with Crippen LogP contribution in [0.25, 0.3) is 4.85 Å². The van der Waals surface area contributed by atoms with Gasteiger partial charge in [-0.15, -0.1) is 0 Å². The lowest BCUT2D eigenvalue weighted by atomic mass is 10.2. The third-order valence-corrected chi connectivity index (χ3v) is 7.45. The highest BCUT2D eigenvalue weighted by Gasteiger charge is 2.36. The van der Waals surface area contributed by atoms with Crippen LogP contribution in [0.1, 0.15) is 20.8 Å². The Morgan fingerprint density at radius 3 is 2.44 bits per heavy atom. The van der Waals surface area contributed by atoms with Gasteiger partial charge in [0.25, 0.3) is 12.5 Å². The van der Waals surface area contributed by atoms with Gasteiger partial charge in [0.05, 0.1) is 6.61 Å². The number of carbonyl (C=O) groups is 1. The van der Waals surface area contributed by atoms with Crippen molar-refractivity contribution < 1.29 is 9.22 Å². The van der Waals surface area contributed by atoms with E-state index in [2.05, 4.69) is 44.0 Å². The standard InChI is InChI=1S/C11H22N2O2Si/c1-11(2,3)16(5,6)15-8-7-13-10(14)9-12-4/h7-9H2,1-3,5-6H3,(H,13,14). The highest BCUT2D eigenvalue weighted by molar-refractivity contribution is 6.74. The van der Waals surface area contributed by atoms with Gasteiger partial charge in [-0.2, -0.15) is 0 Å². The van der Waals surface area contributed by atoms with Crippen molar-refractivity contribution in [2.75, 3.05) is 19.7 Å². The monoisotopic (exact) mass is 242 g/mol. The van der Waals surface area contributed by atoms with Gasteiger partial charge in [-0.1, -0.05) is 20.8 Å². The van der Waals surface area contributed by atoms with Crippen molar-refractivity contribution in [2.24, 2.45) is 0 Å². The number of hydrogen-bond acceptors (Lipinski definition) is 2. The molecule has 0 spiro atoms. The number of rotatable bonds is 5.